The molecule has 5 rings (SSSR count). The molecule has 1 N–H and O–H groups in total. The van der Waals surface area contributed by atoms with E-state index >= 15 is 0 Å². The Morgan fingerprint density at radius 3 is 2.54 bits per heavy atom. The number of fused-ring (bicyclic) bond motifs is 1. The summed E-state index contributed by atoms with van der Waals surface area (Å²) in [4.78, 5) is 8.64. The van der Waals surface area contributed by atoms with Gasteiger partial charge in [-0.25, -0.2) is 4.39 Å². The van der Waals surface area contributed by atoms with Crippen LogP contribution in [0.1, 0.15) is 35.4 Å². The van der Waals surface area contributed by atoms with Gasteiger partial charge in [-0.2, -0.15) is 5.10 Å². The normalized spacial score (nSPS) is 16.4. The fourth-order valence-electron chi connectivity index (χ4n) is 5.69. The predicted octanol–water partition coefficient (Wildman–Crippen LogP) is 5.30. The number of nitrogens with one attached hydrogen (secondary N) is 1. The first-order chi connectivity index (χ1) is 16.9. The molecular formula is C29H36FN5. The number of benzene rings is 2. The van der Waals surface area contributed by atoms with Gasteiger partial charge in [-0.1, -0.05) is 30.3 Å². The Bertz CT molecular complexity index is 1220. The lowest BCUT2D eigenvalue weighted by atomic mass is 9.84. The van der Waals surface area contributed by atoms with Crippen molar-refractivity contribution in [3.63, 3.8) is 0 Å². The van der Waals surface area contributed by atoms with Crippen LogP contribution in [0.3, 0.4) is 0 Å². The standard InChI is InChI=1S/C29H36FN5/c1-21-25(19-34(3)32-21)18-33(2)29(16-22-8-10-26(30)11-9-22)23-12-14-35(15-13-23)20-27-17-24-6-4-5-7-28(24)31-27/h4-11,17,19,23,29,31H,12-16,18,20H2,1-3H3/t29-/m1/s1. The molecule has 1 aliphatic rings. The van der Waals surface area contributed by atoms with Crippen LogP contribution >= 0.6 is 0 Å². The lowest BCUT2D eigenvalue weighted by Gasteiger charge is -2.40. The minimum atomic E-state index is -0.171. The maximum Gasteiger partial charge on any atom is 0.123 e. The summed E-state index contributed by atoms with van der Waals surface area (Å²) in [6.45, 7) is 6.12. The molecule has 35 heavy (non-hydrogen) atoms. The van der Waals surface area contributed by atoms with Crippen molar-refractivity contribution in [2.45, 2.75) is 45.3 Å². The minimum Gasteiger partial charge on any atom is -0.357 e. The van der Waals surface area contributed by atoms with E-state index in [0.29, 0.717) is 12.0 Å². The van der Waals surface area contributed by atoms with Gasteiger partial charge in [0.1, 0.15) is 5.82 Å². The van der Waals surface area contributed by atoms with E-state index < -0.39 is 0 Å². The molecule has 1 aliphatic heterocycles. The molecule has 1 atom stereocenters. The smallest absolute Gasteiger partial charge is 0.123 e. The van der Waals surface area contributed by atoms with Crippen molar-refractivity contribution >= 4 is 10.9 Å². The highest BCUT2D eigenvalue weighted by atomic mass is 19.1. The molecule has 0 radical (unpaired) electrons. The van der Waals surface area contributed by atoms with Crippen molar-refractivity contribution < 1.29 is 4.39 Å². The van der Waals surface area contributed by atoms with Gasteiger partial charge in [0.15, 0.2) is 0 Å². The van der Waals surface area contributed by atoms with Gasteiger partial charge in [0, 0.05) is 49.1 Å². The van der Waals surface area contributed by atoms with Crippen LogP contribution in [0.5, 0.6) is 0 Å². The summed E-state index contributed by atoms with van der Waals surface area (Å²) in [6.07, 6.45) is 5.40. The van der Waals surface area contributed by atoms with E-state index in [2.05, 4.69) is 70.4 Å². The van der Waals surface area contributed by atoms with Crippen LogP contribution < -0.4 is 0 Å². The summed E-state index contributed by atoms with van der Waals surface area (Å²) in [5.41, 5.74) is 6.07. The Kier molecular flexibility index (Phi) is 7.02. The number of likely N-dealkylation sites (N-methyl/N-ethyl adjacent to an activating group) is 1. The van der Waals surface area contributed by atoms with Gasteiger partial charge >= 0.3 is 0 Å². The van der Waals surface area contributed by atoms with E-state index in [4.69, 9.17) is 0 Å². The van der Waals surface area contributed by atoms with Crippen LogP contribution in [0.15, 0.2) is 60.8 Å². The number of halogens is 1. The highest BCUT2D eigenvalue weighted by Gasteiger charge is 2.30. The average molecular weight is 474 g/mol. The molecule has 2 aromatic carbocycles. The Hall–Kier alpha value is -2.96. The molecular weight excluding hydrogens is 437 g/mol. The van der Waals surface area contributed by atoms with E-state index in [0.717, 1.165) is 38.3 Å². The van der Waals surface area contributed by atoms with Crippen LogP contribution in [0.4, 0.5) is 4.39 Å². The maximum absolute atomic E-state index is 13.5. The molecule has 0 bridgehead atoms. The molecule has 184 valence electrons. The third-order valence-electron chi connectivity index (χ3n) is 7.62. The average Bonchev–Trinajstić information content (AvgIpc) is 3.40. The van der Waals surface area contributed by atoms with Gasteiger partial charge in [-0.3, -0.25) is 14.5 Å². The van der Waals surface area contributed by atoms with Crippen LogP contribution in [-0.2, 0) is 26.6 Å². The third kappa shape index (κ3) is 5.65. The number of piperidine rings is 1. The number of aromatic nitrogens is 3. The summed E-state index contributed by atoms with van der Waals surface area (Å²) < 4.78 is 15.4. The molecule has 1 saturated heterocycles. The fraction of sp³-hybridized carbons (Fsp3) is 0.414. The van der Waals surface area contributed by atoms with Gasteiger partial charge < -0.3 is 4.98 Å². The number of H-pyrrole nitrogens is 1. The zero-order chi connectivity index (χ0) is 24.4. The molecule has 2 aromatic heterocycles. The highest BCUT2D eigenvalue weighted by molar-refractivity contribution is 5.80. The first-order valence-electron chi connectivity index (χ1n) is 12.7. The predicted molar refractivity (Wildman–Crippen MR) is 140 cm³/mol. The monoisotopic (exact) mass is 473 g/mol. The highest BCUT2D eigenvalue weighted by Crippen LogP contribution is 2.29. The molecule has 4 aromatic rings. The molecule has 0 aliphatic carbocycles. The quantitative estimate of drug-likeness (QED) is 0.377. The van der Waals surface area contributed by atoms with E-state index in [-0.39, 0.29) is 5.82 Å². The van der Waals surface area contributed by atoms with Crippen molar-refractivity contribution in [2.75, 3.05) is 20.1 Å². The number of nitrogens with zero attached hydrogens (tertiary/aromatic N) is 4. The first-order valence-corrected chi connectivity index (χ1v) is 12.7. The largest absolute Gasteiger partial charge is 0.357 e. The van der Waals surface area contributed by atoms with E-state index in [1.165, 1.54) is 40.6 Å². The topological polar surface area (TPSA) is 40.1 Å². The zero-order valence-electron chi connectivity index (χ0n) is 21.0. The lowest BCUT2D eigenvalue weighted by Crippen LogP contribution is -2.45. The van der Waals surface area contributed by atoms with Crippen molar-refractivity contribution in [1.29, 1.82) is 0 Å². The molecule has 6 heteroatoms. The number of para-hydroxylation sites is 1. The summed E-state index contributed by atoms with van der Waals surface area (Å²) in [6, 6.07) is 18.2. The maximum atomic E-state index is 13.5. The van der Waals surface area contributed by atoms with Gasteiger partial charge in [-0.05, 0) is 87.5 Å². The van der Waals surface area contributed by atoms with Gasteiger partial charge in [-0.15, -0.1) is 0 Å². The summed E-state index contributed by atoms with van der Waals surface area (Å²) >= 11 is 0. The Morgan fingerprint density at radius 2 is 1.86 bits per heavy atom. The number of likely N-dealkylation sites (tertiary alicyclic amines) is 1. The molecule has 0 amide bonds. The number of hydrogen-bond acceptors (Lipinski definition) is 3. The van der Waals surface area contributed by atoms with E-state index in [1.54, 1.807) is 12.1 Å². The summed E-state index contributed by atoms with van der Waals surface area (Å²) in [5, 5.41) is 5.82. The zero-order valence-corrected chi connectivity index (χ0v) is 21.0. The molecule has 3 heterocycles. The molecule has 0 spiro atoms. The first kappa shape index (κ1) is 23.8. The Morgan fingerprint density at radius 1 is 1.11 bits per heavy atom. The van der Waals surface area contributed by atoms with Crippen molar-refractivity contribution in [3.8, 4) is 0 Å². The van der Waals surface area contributed by atoms with Crippen LogP contribution in [0.2, 0.25) is 0 Å². The molecule has 0 saturated carbocycles. The SMILES string of the molecule is Cc1nn(C)cc1CN(C)[C@H](Cc1ccc(F)cc1)C1CCN(Cc2cc3ccccc3[nH]2)CC1. The van der Waals surface area contributed by atoms with Crippen molar-refractivity contribution in [1.82, 2.24) is 24.6 Å². The second kappa shape index (κ2) is 10.3. The fourth-order valence-corrected chi connectivity index (χ4v) is 5.69. The van der Waals surface area contributed by atoms with Crippen LogP contribution in [-0.4, -0.2) is 50.7 Å². The summed E-state index contributed by atoms with van der Waals surface area (Å²) in [7, 11) is 4.22. The minimum absolute atomic E-state index is 0.171. The lowest BCUT2D eigenvalue weighted by molar-refractivity contribution is 0.0948. The second-order valence-corrected chi connectivity index (χ2v) is 10.2. The Balaban J connectivity index is 1.26. The van der Waals surface area contributed by atoms with E-state index in [1.807, 2.05) is 23.9 Å². The molecule has 5 nitrogen and oxygen atoms in total. The van der Waals surface area contributed by atoms with Crippen LogP contribution in [0.25, 0.3) is 10.9 Å². The van der Waals surface area contributed by atoms with Gasteiger partial charge in [0.05, 0.1) is 5.69 Å². The van der Waals surface area contributed by atoms with Crippen molar-refractivity contribution in [3.05, 3.63) is 89.1 Å². The van der Waals surface area contributed by atoms with Gasteiger partial charge in [0.25, 0.3) is 0 Å². The van der Waals surface area contributed by atoms with Gasteiger partial charge in [0.2, 0.25) is 0 Å². The number of rotatable bonds is 8. The number of aryl methyl sites for hydroxylation is 2. The summed E-state index contributed by atoms with van der Waals surface area (Å²) in [5.74, 6) is 0.427. The van der Waals surface area contributed by atoms with Crippen molar-refractivity contribution in [2.24, 2.45) is 13.0 Å². The molecule has 1 fully saturated rings. The second-order valence-electron chi connectivity index (χ2n) is 10.2. The Labute approximate surface area is 207 Å². The third-order valence-corrected chi connectivity index (χ3v) is 7.62. The van der Waals surface area contributed by atoms with E-state index in [9.17, 15) is 4.39 Å². The van der Waals surface area contributed by atoms with Crippen LogP contribution in [0, 0.1) is 18.7 Å². The molecule has 0 unspecified atom stereocenters. The number of hydrogen-bond donors (Lipinski definition) is 1. The number of aromatic amines is 1.